The van der Waals surface area contributed by atoms with Gasteiger partial charge in [-0.2, -0.15) is 5.10 Å². The monoisotopic (exact) mass is 319 g/mol. The molecule has 0 unspecified atom stereocenters. The Morgan fingerprint density at radius 3 is 2.67 bits per heavy atom. The van der Waals surface area contributed by atoms with E-state index in [9.17, 15) is 0 Å². The minimum Gasteiger partial charge on any atom is -0.328 e. The number of nitrogens with one attached hydrogen (secondary N) is 1. The number of hydrogen-bond acceptors (Lipinski definition) is 4. The average molecular weight is 319 g/mol. The second kappa shape index (κ2) is 6.55. The summed E-state index contributed by atoms with van der Waals surface area (Å²) in [5.74, 6) is 0. The van der Waals surface area contributed by atoms with Gasteiger partial charge < -0.3 is 11.1 Å². The first-order chi connectivity index (χ1) is 11.8. The molecule has 5 nitrogen and oxygen atoms in total. The highest BCUT2D eigenvalue weighted by Gasteiger charge is 2.25. The fraction of sp³-hybridized carbons (Fsp3) is 0.263. The first-order valence-corrected chi connectivity index (χ1v) is 8.33. The molecule has 0 saturated heterocycles. The van der Waals surface area contributed by atoms with Gasteiger partial charge in [0.2, 0.25) is 0 Å². The number of rotatable bonds is 5. The maximum Gasteiger partial charge on any atom is 0.0988 e. The first-order valence-electron chi connectivity index (χ1n) is 8.33. The van der Waals surface area contributed by atoms with E-state index in [2.05, 4.69) is 28.6 Å². The van der Waals surface area contributed by atoms with Gasteiger partial charge in [-0.1, -0.05) is 18.2 Å². The number of pyridine rings is 1. The molecule has 0 amide bonds. The van der Waals surface area contributed by atoms with Crippen molar-refractivity contribution >= 4 is 0 Å². The maximum atomic E-state index is 5.87. The fourth-order valence-electron chi connectivity index (χ4n) is 3.08. The zero-order valence-corrected chi connectivity index (χ0v) is 13.5. The molecule has 1 fully saturated rings. The summed E-state index contributed by atoms with van der Waals surface area (Å²) in [4.78, 5) is 4.23. The van der Waals surface area contributed by atoms with Crippen LogP contribution >= 0.6 is 0 Å². The molecule has 0 spiro atoms. The minimum atomic E-state index is 0.354. The van der Waals surface area contributed by atoms with Crippen LogP contribution in [-0.2, 0) is 6.54 Å². The maximum absolute atomic E-state index is 5.87. The van der Waals surface area contributed by atoms with E-state index in [1.54, 1.807) is 6.20 Å². The Balaban J connectivity index is 1.63. The third kappa shape index (κ3) is 3.09. The lowest BCUT2D eigenvalue weighted by Gasteiger charge is -2.33. The van der Waals surface area contributed by atoms with Gasteiger partial charge in [0.25, 0.3) is 0 Å². The molecule has 3 N–H and O–H groups in total. The number of aromatic nitrogens is 3. The van der Waals surface area contributed by atoms with E-state index in [0.717, 1.165) is 36.3 Å². The van der Waals surface area contributed by atoms with E-state index >= 15 is 0 Å². The van der Waals surface area contributed by atoms with Crippen LogP contribution in [0.3, 0.4) is 0 Å². The lowest BCUT2D eigenvalue weighted by atomic mass is 9.87. The molecule has 2 aromatic heterocycles. The summed E-state index contributed by atoms with van der Waals surface area (Å²) in [5.41, 5.74) is 10.1. The van der Waals surface area contributed by atoms with Gasteiger partial charge in [0.15, 0.2) is 0 Å². The standard InChI is InChI=1S/C19H21N5/c20-16-9-17(10-16)22-12-15-13-24(18-6-2-1-3-7-18)23-19(15)14-5-4-8-21-11-14/h1-8,11,13,16-17,22H,9-10,12,20H2. The molecule has 1 aromatic carbocycles. The topological polar surface area (TPSA) is 68.8 Å². The van der Waals surface area contributed by atoms with Crippen molar-refractivity contribution in [2.75, 3.05) is 0 Å². The Labute approximate surface area is 141 Å². The van der Waals surface area contributed by atoms with Crippen molar-refractivity contribution in [1.82, 2.24) is 20.1 Å². The van der Waals surface area contributed by atoms with Crippen molar-refractivity contribution in [1.29, 1.82) is 0 Å². The summed E-state index contributed by atoms with van der Waals surface area (Å²) in [6.45, 7) is 0.786. The molecule has 0 radical (unpaired) electrons. The molecule has 24 heavy (non-hydrogen) atoms. The van der Waals surface area contributed by atoms with Gasteiger partial charge in [-0.15, -0.1) is 0 Å². The van der Waals surface area contributed by atoms with Crippen molar-refractivity contribution in [3.63, 3.8) is 0 Å². The van der Waals surface area contributed by atoms with E-state index in [0.29, 0.717) is 12.1 Å². The second-order valence-electron chi connectivity index (χ2n) is 6.33. The van der Waals surface area contributed by atoms with Gasteiger partial charge in [0.05, 0.1) is 11.4 Å². The molecule has 4 rings (SSSR count). The highest BCUT2D eigenvalue weighted by Crippen LogP contribution is 2.24. The Bertz CT molecular complexity index is 791. The SMILES string of the molecule is NC1CC(NCc2cn(-c3ccccc3)nc2-c2cccnc2)C1. The van der Waals surface area contributed by atoms with Gasteiger partial charge in [-0.25, -0.2) is 4.68 Å². The molecular formula is C19H21N5. The lowest BCUT2D eigenvalue weighted by molar-refractivity contribution is 0.291. The minimum absolute atomic E-state index is 0.354. The van der Waals surface area contributed by atoms with Crippen LogP contribution < -0.4 is 11.1 Å². The van der Waals surface area contributed by atoms with Crippen molar-refractivity contribution < 1.29 is 0 Å². The molecule has 1 aliphatic carbocycles. The number of benzene rings is 1. The Morgan fingerprint density at radius 1 is 1.12 bits per heavy atom. The third-order valence-electron chi connectivity index (χ3n) is 4.50. The van der Waals surface area contributed by atoms with E-state index in [4.69, 9.17) is 10.8 Å². The molecule has 2 heterocycles. The molecule has 3 aromatic rings. The first kappa shape index (κ1) is 15.1. The average Bonchev–Trinajstić information content (AvgIpc) is 3.03. The van der Waals surface area contributed by atoms with Gasteiger partial charge in [0, 0.05) is 48.3 Å². The van der Waals surface area contributed by atoms with Crippen LogP contribution in [0.2, 0.25) is 0 Å². The number of nitrogens with zero attached hydrogens (tertiary/aromatic N) is 3. The number of para-hydroxylation sites is 1. The van der Waals surface area contributed by atoms with Gasteiger partial charge in [0.1, 0.15) is 0 Å². The summed E-state index contributed by atoms with van der Waals surface area (Å²) in [5, 5.41) is 8.39. The van der Waals surface area contributed by atoms with E-state index in [1.165, 1.54) is 5.56 Å². The summed E-state index contributed by atoms with van der Waals surface area (Å²) in [6.07, 6.45) is 7.85. The smallest absolute Gasteiger partial charge is 0.0988 e. The summed E-state index contributed by atoms with van der Waals surface area (Å²) in [6, 6.07) is 15.0. The van der Waals surface area contributed by atoms with Gasteiger partial charge in [-0.05, 0) is 37.1 Å². The quantitative estimate of drug-likeness (QED) is 0.758. The Kier molecular flexibility index (Phi) is 4.11. The van der Waals surface area contributed by atoms with Crippen molar-refractivity contribution in [3.8, 4) is 16.9 Å². The molecule has 122 valence electrons. The van der Waals surface area contributed by atoms with Crippen LogP contribution in [0.25, 0.3) is 16.9 Å². The highest BCUT2D eigenvalue weighted by molar-refractivity contribution is 5.62. The van der Waals surface area contributed by atoms with Gasteiger partial charge in [-0.3, -0.25) is 4.98 Å². The highest BCUT2D eigenvalue weighted by atomic mass is 15.3. The molecule has 0 bridgehead atoms. The molecule has 5 heteroatoms. The lowest BCUT2D eigenvalue weighted by Crippen LogP contribution is -2.48. The zero-order valence-electron chi connectivity index (χ0n) is 13.5. The number of nitrogens with two attached hydrogens (primary N) is 1. The van der Waals surface area contributed by atoms with Crippen LogP contribution in [0, 0.1) is 0 Å². The van der Waals surface area contributed by atoms with E-state index in [1.807, 2.05) is 41.2 Å². The van der Waals surface area contributed by atoms with Crippen molar-refractivity contribution in [3.05, 3.63) is 66.6 Å². The van der Waals surface area contributed by atoms with Crippen LogP contribution in [0.15, 0.2) is 61.1 Å². The van der Waals surface area contributed by atoms with E-state index < -0.39 is 0 Å². The predicted octanol–water partition coefficient (Wildman–Crippen LogP) is 2.51. The van der Waals surface area contributed by atoms with Crippen molar-refractivity contribution in [2.24, 2.45) is 5.73 Å². The Morgan fingerprint density at radius 2 is 1.96 bits per heavy atom. The third-order valence-corrected chi connectivity index (χ3v) is 4.50. The van der Waals surface area contributed by atoms with Crippen LogP contribution in [0.4, 0.5) is 0 Å². The van der Waals surface area contributed by atoms with Crippen LogP contribution in [-0.4, -0.2) is 26.8 Å². The second-order valence-corrected chi connectivity index (χ2v) is 6.33. The number of hydrogen-bond donors (Lipinski definition) is 2. The fourth-order valence-corrected chi connectivity index (χ4v) is 3.08. The molecule has 1 saturated carbocycles. The van der Waals surface area contributed by atoms with Crippen molar-refractivity contribution in [2.45, 2.75) is 31.5 Å². The normalized spacial score (nSPS) is 19.9. The summed E-state index contributed by atoms with van der Waals surface area (Å²) in [7, 11) is 0. The summed E-state index contributed by atoms with van der Waals surface area (Å²) >= 11 is 0. The van der Waals surface area contributed by atoms with Crippen LogP contribution in [0.5, 0.6) is 0 Å². The molecule has 0 atom stereocenters. The molecule has 1 aliphatic rings. The predicted molar refractivity (Wildman–Crippen MR) is 94.6 cm³/mol. The van der Waals surface area contributed by atoms with E-state index in [-0.39, 0.29) is 0 Å². The molecular weight excluding hydrogens is 298 g/mol. The zero-order chi connectivity index (χ0) is 16.4. The summed E-state index contributed by atoms with van der Waals surface area (Å²) < 4.78 is 1.94. The largest absolute Gasteiger partial charge is 0.328 e. The molecule has 0 aliphatic heterocycles. The van der Waals surface area contributed by atoms with Crippen LogP contribution in [0.1, 0.15) is 18.4 Å². The Hall–Kier alpha value is -2.50. The van der Waals surface area contributed by atoms with Gasteiger partial charge >= 0.3 is 0 Å².